The van der Waals surface area contributed by atoms with Gasteiger partial charge in [-0.2, -0.15) is 0 Å². The molecule has 0 aliphatic rings. The van der Waals surface area contributed by atoms with E-state index in [1.165, 1.54) is 0 Å². The molecule has 0 amide bonds. The first-order chi connectivity index (χ1) is 11.1. The lowest BCUT2D eigenvalue weighted by molar-refractivity contribution is -0.116. The number of carbonyl (C=O) groups excluding carboxylic acids is 3. The fraction of sp³-hybridized carbons (Fsp3) is 0.526. The molecule has 0 N–H and O–H groups in total. The van der Waals surface area contributed by atoms with Gasteiger partial charge in [-0.15, -0.1) is 0 Å². The number of ether oxygens (including phenoxy) is 1. The Kier molecular flexibility index (Phi) is 9.00. The first kappa shape index (κ1) is 22.4. The van der Waals surface area contributed by atoms with E-state index in [-0.39, 0.29) is 22.3 Å². The first-order valence-electron chi connectivity index (χ1n) is 8.18. The van der Waals surface area contributed by atoms with Gasteiger partial charge in [0.05, 0.1) is 0 Å². The average molecular weight is 351 g/mol. The molecule has 0 aliphatic heterocycles. The molecule has 1 unspecified atom stereocenters. The molecule has 0 aromatic carbocycles. The molecule has 0 aromatic heterocycles. The van der Waals surface area contributed by atoms with Gasteiger partial charge in [-0.3, -0.25) is 14.4 Å². The van der Waals surface area contributed by atoms with Crippen LogP contribution in [0.4, 0.5) is 0 Å². The van der Waals surface area contributed by atoms with Crippen molar-refractivity contribution in [2.24, 2.45) is 0 Å². The van der Waals surface area contributed by atoms with Crippen molar-refractivity contribution < 1.29 is 19.1 Å². The topological polar surface area (TPSA) is 60.4 Å². The highest BCUT2D eigenvalue weighted by Gasteiger charge is 2.59. The van der Waals surface area contributed by atoms with Crippen molar-refractivity contribution >= 4 is 24.3 Å². The Morgan fingerprint density at radius 2 is 1.29 bits per heavy atom. The van der Waals surface area contributed by atoms with Crippen LogP contribution in [0, 0.1) is 0 Å². The third-order valence-electron chi connectivity index (χ3n) is 4.24. The maximum atomic E-state index is 13.1. The zero-order valence-electron chi connectivity index (χ0n) is 15.7. The lowest BCUT2D eigenvalue weighted by Gasteiger charge is -2.34. The van der Waals surface area contributed by atoms with Crippen LogP contribution in [0.2, 0.25) is 5.54 Å². The molecule has 0 saturated heterocycles. The van der Waals surface area contributed by atoms with Crippen LogP contribution in [-0.4, -0.2) is 38.0 Å². The van der Waals surface area contributed by atoms with Gasteiger partial charge < -0.3 is 4.74 Å². The van der Waals surface area contributed by atoms with E-state index in [9.17, 15) is 14.4 Å². The van der Waals surface area contributed by atoms with Crippen molar-refractivity contribution in [1.82, 2.24) is 0 Å². The number of hydrogen-bond donors (Lipinski definition) is 0. The van der Waals surface area contributed by atoms with E-state index in [2.05, 4.69) is 19.7 Å². The molecule has 0 fully saturated rings. The Morgan fingerprint density at radius 1 is 0.917 bits per heavy atom. The highest BCUT2D eigenvalue weighted by molar-refractivity contribution is 7.43. The predicted molar refractivity (Wildman–Crippen MR) is 100 cm³/mol. The number of carbonyl (C=O) groups is 3. The van der Waals surface area contributed by atoms with E-state index in [0.29, 0.717) is 25.9 Å². The van der Waals surface area contributed by atoms with Gasteiger partial charge in [0.15, 0.2) is 16.2 Å². The Morgan fingerprint density at radius 3 is 1.54 bits per heavy atom. The molecule has 134 valence electrons. The average Bonchev–Trinajstić information content (AvgIpc) is 2.52. The number of hydrogen-bond acceptors (Lipinski definition) is 4. The highest BCUT2D eigenvalue weighted by Crippen LogP contribution is 2.37. The van der Waals surface area contributed by atoms with Crippen molar-refractivity contribution in [3.63, 3.8) is 0 Å². The van der Waals surface area contributed by atoms with Crippen molar-refractivity contribution in [1.29, 1.82) is 0 Å². The van der Waals surface area contributed by atoms with E-state index in [1.54, 1.807) is 27.9 Å². The van der Waals surface area contributed by atoms with Gasteiger partial charge in [0, 0.05) is 13.7 Å². The molecule has 24 heavy (non-hydrogen) atoms. The largest absolute Gasteiger partial charge is 0.385 e. The Hall–Kier alpha value is -1.59. The third kappa shape index (κ3) is 4.48. The minimum absolute atomic E-state index is 0.246. The summed E-state index contributed by atoms with van der Waals surface area (Å²) in [5.41, 5.74) is 0.424. The van der Waals surface area contributed by atoms with Crippen LogP contribution < -0.4 is 0 Å². The molecule has 0 heterocycles. The monoisotopic (exact) mass is 350 g/mol. The second-order valence-corrected chi connectivity index (χ2v) is 10.2. The van der Waals surface area contributed by atoms with Crippen LogP contribution in [0.3, 0.4) is 0 Å². The lowest BCUT2D eigenvalue weighted by atomic mass is 10.2. The normalized spacial score (nSPS) is 12.4. The Bertz CT molecular complexity index is 495. The molecule has 0 radical (unpaired) electrons. The quantitative estimate of drug-likeness (QED) is 0.306. The molecule has 0 rings (SSSR count). The van der Waals surface area contributed by atoms with Gasteiger partial charge in [0.1, 0.15) is 0 Å². The summed E-state index contributed by atoms with van der Waals surface area (Å²) in [4.78, 5) is 39.3. The summed E-state index contributed by atoms with van der Waals surface area (Å²) in [5.74, 6) is 0. The molecule has 0 spiro atoms. The van der Waals surface area contributed by atoms with Crippen molar-refractivity contribution in [3.8, 4) is 0 Å². The minimum atomic E-state index is -3.75. The summed E-state index contributed by atoms with van der Waals surface area (Å²) in [6.07, 6.45) is 1.82. The number of methoxy groups -OCH3 is 1. The summed E-state index contributed by atoms with van der Waals surface area (Å²) < 4.78 is 5.08. The summed E-state index contributed by atoms with van der Waals surface area (Å²) in [7, 11) is -2.15. The molecule has 0 saturated carbocycles. The van der Waals surface area contributed by atoms with Crippen molar-refractivity contribution in [3.05, 3.63) is 36.5 Å². The highest BCUT2D eigenvalue weighted by atomic mass is 28.3. The van der Waals surface area contributed by atoms with Crippen LogP contribution in [0.5, 0.6) is 0 Å². The zero-order chi connectivity index (χ0) is 19.1. The second kappa shape index (κ2) is 9.64. The smallest absolute Gasteiger partial charge is 0.299 e. The molecule has 1 atom stereocenters. The van der Waals surface area contributed by atoms with Crippen LogP contribution in [0.25, 0.3) is 0 Å². The van der Waals surface area contributed by atoms with Gasteiger partial charge >= 0.3 is 0 Å². The summed E-state index contributed by atoms with van der Waals surface area (Å²) in [5, 5.41) is -1.19. The van der Waals surface area contributed by atoms with Crippen LogP contribution in [-0.2, 0) is 19.1 Å². The van der Waals surface area contributed by atoms with Gasteiger partial charge in [-0.1, -0.05) is 33.1 Å². The predicted octanol–water partition coefficient (Wildman–Crippen LogP) is 3.70. The second-order valence-electron chi connectivity index (χ2n) is 6.38. The molecule has 4 nitrogen and oxygen atoms in total. The molecule has 5 heteroatoms. The number of rotatable bonds is 12. The molecular weight excluding hydrogens is 320 g/mol. The summed E-state index contributed by atoms with van der Waals surface area (Å²) in [6, 6.07) is 0. The standard InChI is InChI=1S/C19H30O4Si/c1-9-16(11-10-12-23-8)24(17(20)13(2)3,18(21)14(4)5)19(22)15(6)7/h16H,2,4,6,9-12H2,1,3,5,7-8H3. The first-order valence-corrected chi connectivity index (χ1v) is 10.3. The molecular formula is C19H30O4Si. The van der Waals surface area contributed by atoms with Crippen LogP contribution in [0.15, 0.2) is 36.5 Å². The maximum Gasteiger partial charge on any atom is 0.299 e. The fourth-order valence-corrected chi connectivity index (χ4v) is 8.08. The van der Waals surface area contributed by atoms with Gasteiger partial charge in [0.2, 0.25) is 0 Å². The van der Waals surface area contributed by atoms with E-state index in [0.717, 1.165) is 0 Å². The summed E-state index contributed by atoms with van der Waals surface area (Å²) >= 11 is 0. The van der Waals surface area contributed by atoms with E-state index in [1.807, 2.05) is 6.92 Å². The van der Waals surface area contributed by atoms with Gasteiger partial charge in [-0.25, -0.2) is 0 Å². The molecule has 0 aromatic rings. The maximum absolute atomic E-state index is 13.1. The lowest BCUT2D eigenvalue weighted by Crippen LogP contribution is -2.63. The zero-order valence-corrected chi connectivity index (χ0v) is 16.7. The minimum Gasteiger partial charge on any atom is -0.385 e. The van der Waals surface area contributed by atoms with Crippen LogP contribution in [0.1, 0.15) is 47.0 Å². The van der Waals surface area contributed by atoms with E-state index >= 15 is 0 Å². The fourth-order valence-electron chi connectivity index (χ4n) is 3.08. The van der Waals surface area contributed by atoms with Crippen molar-refractivity contribution in [2.45, 2.75) is 52.5 Å². The summed E-state index contributed by atoms with van der Waals surface area (Å²) in [6.45, 7) is 18.2. The van der Waals surface area contributed by atoms with Gasteiger partial charge in [0.25, 0.3) is 8.07 Å². The Labute approximate surface area is 146 Å². The van der Waals surface area contributed by atoms with Gasteiger partial charge in [-0.05, 0) is 55.9 Å². The third-order valence-corrected chi connectivity index (χ3v) is 9.59. The van der Waals surface area contributed by atoms with E-state index < -0.39 is 24.3 Å². The molecule has 0 aliphatic carbocycles. The Balaban J connectivity index is 6.45. The SMILES string of the molecule is C=C(C)C(=O)[Si](C(=O)C(=C)C)(C(=O)C(=C)C)C(CC)CCCOC. The van der Waals surface area contributed by atoms with Crippen molar-refractivity contribution in [2.75, 3.05) is 13.7 Å². The number of allylic oxidation sites excluding steroid dienone is 3. The molecule has 0 bridgehead atoms. The van der Waals surface area contributed by atoms with Crippen LogP contribution >= 0.6 is 0 Å². The van der Waals surface area contributed by atoms with E-state index in [4.69, 9.17) is 4.74 Å².